The number of hydrogen-bond acceptors (Lipinski definition) is 3. The highest BCUT2D eigenvalue weighted by Crippen LogP contribution is 2.40. The molecule has 5 nitrogen and oxygen atoms in total. The lowest BCUT2D eigenvalue weighted by Crippen LogP contribution is -2.26. The van der Waals surface area contributed by atoms with Crippen LogP contribution in [0.2, 0.25) is 0 Å². The summed E-state index contributed by atoms with van der Waals surface area (Å²) in [4.78, 5) is 10.8. The Morgan fingerprint density at radius 1 is 1.15 bits per heavy atom. The average Bonchev–Trinajstić information content (AvgIpc) is 2.61. The highest BCUT2D eigenvalue weighted by Gasteiger charge is 2.24. The molecule has 0 amide bonds. The Kier molecular flexibility index (Phi) is 4.75. The van der Waals surface area contributed by atoms with Crippen molar-refractivity contribution in [1.29, 1.82) is 5.41 Å². The third-order valence-corrected chi connectivity index (χ3v) is 5.39. The van der Waals surface area contributed by atoms with Crippen LogP contribution in [0.15, 0.2) is 48.5 Å². The van der Waals surface area contributed by atoms with Gasteiger partial charge in [-0.25, -0.2) is 4.68 Å². The first kappa shape index (κ1) is 17.5. The number of carboxylic acid groups (broad SMARTS) is 1. The van der Waals surface area contributed by atoms with Crippen LogP contribution in [0.25, 0.3) is 22.0 Å². The van der Waals surface area contributed by atoms with Crippen LogP contribution in [0, 0.1) is 5.41 Å². The number of nitrogens with one attached hydrogen (secondary N) is 1. The molecule has 0 bridgehead atoms. The van der Waals surface area contributed by atoms with Gasteiger partial charge < -0.3 is 5.11 Å². The van der Waals surface area contributed by atoms with E-state index in [1.165, 1.54) is 17.2 Å². The molecule has 1 aromatic heterocycles. The van der Waals surface area contributed by atoms with Crippen LogP contribution in [0.1, 0.15) is 43.6 Å². The van der Waals surface area contributed by atoms with Crippen LogP contribution in [-0.4, -0.2) is 20.9 Å². The summed E-state index contributed by atoms with van der Waals surface area (Å²) in [6.07, 6.45) is 4.07. The number of aryl methyl sites for hydroxylation is 1. The van der Waals surface area contributed by atoms with Gasteiger partial charge in [0.25, 0.3) is 0 Å². The van der Waals surface area contributed by atoms with Crippen molar-refractivity contribution >= 4 is 16.7 Å². The molecule has 27 heavy (non-hydrogen) atoms. The Morgan fingerprint density at radius 3 is 2.63 bits per heavy atom. The number of fused-ring (bicyclic) bond motifs is 1. The lowest BCUT2D eigenvalue weighted by Gasteiger charge is -2.28. The summed E-state index contributed by atoms with van der Waals surface area (Å²) in [7, 11) is 0. The van der Waals surface area contributed by atoms with E-state index in [4.69, 9.17) is 15.6 Å². The van der Waals surface area contributed by atoms with Gasteiger partial charge >= 0.3 is 5.97 Å². The topological polar surface area (TPSA) is 79.0 Å². The third-order valence-electron chi connectivity index (χ3n) is 5.39. The molecule has 0 saturated heterocycles. The molecular weight excluding hydrogens is 338 g/mol. The minimum absolute atomic E-state index is 0.0871. The number of benzene rings is 2. The molecule has 5 heteroatoms. The van der Waals surface area contributed by atoms with Crippen molar-refractivity contribution in [2.75, 3.05) is 0 Å². The largest absolute Gasteiger partial charge is 0.481 e. The molecule has 0 atom stereocenters. The van der Waals surface area contributed by atoms with Gasteiger partial charge in [0, 0.05) is 18.5 Å². The van der Waals surface area contributed by atoms with E-state index in [1.807, 2.05) is 18.2 Å². The summed E-state index contributed by atoms with van der Waals surface area (Å²) >= 11 is 0. The fourth-order valence-electron chi connectivity index (χ4n) is 3.66. The first-order valence-electron chi connectivity index (χ1n) is 9.49. The molecule has 2 aromatic carbocycles. The van der Waals surface area contributed by atoms with E-state index in [0.29, 0.717) is 24.4 Å². The lowest BCUT2D eigenvalue weighted by atomic mass is 9.78. The van der Waals surface area contributed by atoms with Gasteiger partial charge in [0.1, 0.15) is 5.49 Å². The number of aliphatic carboxylic acids is 1. The first-order chi connectivity index (χ1) is 13.1. The first-order valence-corrected chi connectivity index (χ1v) is 9.49. The fourth-order valence-corrected chi connectivity index (χ4v) is 3.66. The Hall–Kier alpha value is -2.95. The van der Waals surface area contributed by atoms with Crippen molar-refractivity contribution in [3.05, 3.63) is 59.6 Å². The van der Waals surface area contributed by atoms with Gasteiger partial charge in [-0.05, 0) is 53.6 Å². The number of aromatic nitrogens is 2. The van der Waals surface area contributed by atoms with E-state index in [0.717, 1.165) is 29.7 Å². The number of carbonyl (C=O) groups is 1. The Balaban J connectivity index is 1.77. The van der Waals surface area contributed by atoms with Crippen LogP contribution >= 0.6 is 0 Å². The SMILES string of the molecule is N=c1cc(C2CCC2)c(-c2ccc3ccccc3c2)nn1CCCC(=O)O. The minimum atomic E-state index is -0.817. The molecule has 0 radical (unpaired) electrons. The lowest BCUT2D eigenvalue weighted by molar-refractivity contribution is -0.137. The highest BCUT2D eigenvalue weighted by atomic mass is 16.4. The van der Waals surface area contributed by atoms with E-state index < -0.39 is 5.97 Å². The maximum Gasteiger partial charge on any atom is 0.303 e. The zero-order valence-electron chi connectivity index (χ0n) is 15.2. The smallest absolute Gasteiger partial charge is 0.303 e. The van der Waals surface area contributed by atoms with E-state index in [1.54, 1.807) is 4.68 Å². The van der Waals surface area contributed by atoms with Gasteiger partial charge in [-0.3, -0.25) is 10.2 Å². The summed E-state index contributed by atoms with van der Waals surface area (Å²) < 4.78 is 1.63. The Labute approximate surface area is 157 Å². The molecule has 0 aliphatic heterocycles. The Bertz CT molecular complexity index is 1050. The van der Waals surface area contributed by atoms with Crippen molar-refractivity contribution in [2.24, 2.45) is 0 Å². The zero-order valence-corrected chi connectivity index (χ0v) is 15.2. The third kappa shape index (κ3) is 3.63. The van der Waals surface area contributed by atoms with Crippen molar-refractivity contribution in [3.8, 4) is 11.3 Å². The number of rotatable bonds is 6. The number of nitrogens with zero attached hydrogens (tertiary/aromatic N) is 2. The monoisotopic (exact) mass is 361 g/mol. The molecule has 1 saturated carbocycles. The molecule has 1 fully saturated rings. The molecule has 3 aromatic rings. The number of carboxylic acids is 1. The normalized spacial score (nSPS) is 14.2. The van der Waals surface area contributed by atoms with Crippen LogP contribution in [-0.2, 0) is 11.3 Å². The molecule has 1 aliphatic carbocycles. The maximum atomic E-state index is 10.8. The second-order valence-corrected chi connectivity index (χ2v) is 7.24. The Morgan fingerprint density at radius 2 is 1.93 bits per heavy atom. The van der Waals surface area contributed by atoms with Crippen molar-refractivity contribution < 1.29 is 9.90 Å². The average molecular weight is 361 g/mol. The highest BCUT2D eigenvalue weighted by molar-refractivity contribution is 5.87. The fraction of sp³-hybridized carbons (Fsp3) is 0.318. The van der Waals surface area contributed by atoms with Gasteiger partial charge in [0.15, 0.2) is 0 Å². The van der Waals surface area contributed by atoms with Gasteiger partial charge in [-0.15, -0.1) is 0 Å². The molecule has 0 unspecified atom stereocenters. The number of hydrogen-bond donors (Lipinski definition) is 2. The van der Waals surface area contributed by atoms with Crippen molar-refractivity contribution in [1.82, 2.24) is 9.78 Å². The van der Waals surface area contributed by atoms with Crippen LogP contribution in [0.3, 0.4) is 0 Å². The van der Waals surface area contributed by atoms with Crippen LogP contribution < -0.4 is 5.49 Å². The van der Waals surface area contributed by atoms with E-state index in [9.17, 15) is 4.79 Å². The molecular formula is C22H23N3O2. The summed E-state index contributed by atoms with van der Waals surface area (Å²) in [6, 6.07) is 16.6. The van der Waals surface area contributed by atoms with Crippen LogP contribution in [0.5, 0.6) is 0 Å². The van der Waals surface area contributed by atoms with Crippen LogP contribution in [0.4, 0.5) is 0 Å². The summed E-state index contributed by atoms with van der Waals surface area (Å²) in [5, 5.41) is 24.4. The molecule has 0 spiro atoms. The van der Waals surface area contributed by atoms with Gasteiger partial charge in [-0.2, -0.15) is 5.10 Å². The minimum Gasteiger partial charge on any atom is -0.481 e. The molecule has 138 valence electrons. The van der Waals surface area contributed by atoms with Gasteiger partial charge in [0.05, 0.1) is 5.69 Å². The predicted molar refractivity (Wildman–Crippen MR) is 104 cm³/mol. The zero-order chi connectivity index (χ0) is 18.8. The molecule has 1 heterocycles. The standard InChI is InChI=1S/C22H23N3O2/c23-20-14-19(16-7-3-8-16)22(24-25(20)12-4-9-21(26)27)18-11-10-15-5-1-2-6-17(15)13-18/h1-2,5-6,10-11,13-14,16,23H,3-4,7-9,12H2,(H,26,27). The summed E-state index contributed by atoms with van der Waals surface area (Å²) in [5.74, 6) is -0.347. The van der Waals surface area contributed by atoms with Gasteiger partial charge in [0.2, 0.25) is 0 Å². The van der Waals surface area contributed by atoms with E-state index >= 15 is 0 Å². The second-order valence-electron chi connectivity index (χ2n) is 7.24. The second kappa shape index (κ2) is 7.35. The quantitative estimate of drug-likeness (QED) is 0.686. The van der Waals surface area contributed by atoms with Gasteiger partial charge in [-0.1, -0.05) is 42.8 Å². The summed E-state index contributed by atoms with van der Waals surface area (Å²) in [5.41, 5.74) is 3.49. The van der Waals surface area contributed by atoms with E-state index in [2.05, 4.69) is 30.3 Å². The predicted octanol–water partition coefficient (Wildman–Crippen LogP) is 4.32. The maximum absolute atomic E-state index is 10.8. The molecule has 1 aliphatic rings. The molecule has 4 rings (SSSR count). The van der Waals surface area contributed by atoms with Crippen molar-refractivity contribution in [2.45, 2.75) is 44.6 Å². The molecule has 2 N–H and O–H groups in total. The summed E-state index contributed by atoms with van der Waals surface area (Å²) in [6.45, 7) is 0.441. The van der Waals surface area contributed by atoms with E-state index in [-0.39, 0.29) is 6.42 Å². The van der Waals surface area contributed by atoms with Crippen molar-refractivity contribution in [3.63, 3.8) is 0 Å².